The fourth-order valence-electron chi connectivity index (χ4n) is 3.16. The average molecular weight is 458 g/mol. The summed E-state index contributed by atoms with van der Waals surface area (Å²) in [6.45, 7) is 6.21. The smallest absolute Gasteiger partial charge is 0.341 e. The molecule has 176 valence electrons. The highest BCUT2D eigenvalue weighted by atomic mass is 16.5. The second kappa shape index (κ2) is 10.7. The lowest BCUT2D eigenvalue weighted by Crippen LogP contribution is -2.33. The minimum atomic E-state index is -1.03. The molecule has 0 spiro atoms. The molecule has 2 heterocycles. The zero-order valence-corrected chi connectivity index (χ0v) is 18.8. The first-order chi connectivity index (χ1) is 15.9. The Balaban J connectivity index is 1.86. The molecule has 0 radical (unpaired) electrons. The monoisotopic (exact) mass is 458 g/mol. The molecule has 4 amide bonds. The summed E-state index contributed by atoms with van der Waals surface area (Å²) in [5.41, 5.74) is 0.247. The van der Waals surface area contributed by atoms with E-state index in [1.807, 2.05) is 13.8 Å². The van der Waals surface area contributed by atoms with E-state index in [-0.39, 0.29) is 23.6 Å². The van der Waals surface area contributed by atoms with Crippen LogP contribution in [0.15, 0.2) is 34.9 Å². The van der Waals surface area contributed by atoms with Gasteiger partial charge in [0.25, 0.3) is 0 Å². The van der Waals surface area contributed by atoms with Gasteiger partial charge in [0.15, 0.2) is 11.5 Å². The van der Waals surface area contributed by atoms with E-state index < -0.39 is 30.4 Å². The number of amides is 4. The van der Waals surface area contributed by atoms with Crippen LogP contribution in [0.3, 0.4) is 0 Å². The number of hydrogen-bond acceptors (Lipinski definition) is 8. The van der Waals surface area contributed by atoms with E-state index in [2.05, 4.69) is 0 Å². The standard InChI is InChI=1S/C23H26N2O8/c1-4-10-31-17-8-7-15(13-18(17)32-11-5-2)25-21(27)20(26)24(23(25)29)14-19-16(9-12-33-19)22(28)30-6-3/h7-9,12-13H,4-6,10-11,14H2,1-3H3. The van der Waals surface area contributed by atoms with Crippen LogP contribution in [-0.2, 0) is 20.9 Å². The molecule has 1 aromatic heterocycles. The van der Waals surface area contributed by atoms with Crippen molar-refractivity contribution in [2.24, 2.45) is 0 Å². The number of imide groups is 2. The Hall–Kier alpha value is -3.82. The number of benzene rings is 1. The van der Waals surface area contributed by atoms with Gasteiger partial charge in [0.2, 0.25) is 0 Å². The summed E-state index contributed by atoms with van der Waals surface area (Å²) >= 11 is 0. The van der Waals surface area contributed by atoms with Crippen molar-refractivity contribution in [3.63, 3.8) is 0 Å². The zero-order chi connectivity index (χ0) is 24.0. The van der Waals surface area contributed by atoms with Crippen molar-refractivity contribution < 1.29 is 37.8 Å². The molecule has 2 aromatic rings. The Kier molecular flexibility index (Phi) is 7.70. The van der Waals surface area contributed by atoms with Gasteiger partial charge in [-0.25, -0.2) is 19.4 Å². The Morgan fingerprint density at radius 2 is 1.64 bits per heavy atom. The zero-order valence-electron chi connectivity index (χ0n) is 18.8. The number of esters is 1. The molecule has 0 aliphatic carbocycles. The Morgan fingerprint density at radius 3 is 2.30 bits per heavy atom. The van der Waals surface area contributed by atoms with Gasteiger partial charge in [-0.2, -0.15) is 0 Å². The number of urea groups is 1. The van der Waals surface area contributed by atoms with Gasteiger partial charge in [-0.15, -0.1) is 0 Å². The first kappa shape index (κ1) is 23.8. The summed E-state index contributed by atoms with van der Waals surface area (Å²) in [4.78, 5) is 51.9. The quantitative estimate of drug-likeness (QED) is 0.285. The highest BCUT2D eigenvalue weighted by Gasteiger charge is 2.46. The molecule has 1 aromatic carbocycles. The number of carbonyl (C=O) groups is 4. The highest BCUT2D eigenvalue weighted by Crippen LogP contribution is 2.34. The number of ether oxygens (including phenoxy) is 3. The van der Waals surface area contributed by atoms with Crippen molar-refractivity contribution in [2.75, 3.05) is 24.7 Å². The number of furan rings is 1. The van der Waals surface area contributed by atoms with Gasteiger partial charge in [0.1, 0.15) is 11.3 Å². The number of carbonyl (C=O) groups excluding carboxylic acids is 4. The largest absolute Gasteiger partial charge is 0.490 e. The predicted octanol–water partition coefficient (Wildman–Crippen LogP) is 3.53. The van der Waals surface area contributed by atoms with Gasteiger partial charge in [-0.3, -0.25) is 9.59 Å². The van der Waals surface area contributed by atoms with Crippen LogP contribution >= 0.6 is 0 Å². The molecule has 3 rings (SSSR count). The second-order valence-electron chi connectivity index (χ2n) is 7.12. The molecular formula is C23H26N2O8. The number of nitrogens with zero attached hydrogens (tertiary/aromatic N) is 2. The molecular weight excluding hydrogens is 432 g/mol. The first-order valence-electron chi connectivity index (χ1n) is 10.8. The molecule has 10 nitrogen and oxygen atoms in total. The summed E-state index contributed by atoms with van der Waals surface area (Å²) < 4.78 is 21.6. The Morgan fingerprint density at radius 1 is 0.939 bits per heavy atom. The van der Waals surface area contributed by atoms with E-state index in [0.717, 1.165) is 22.6 Å². The molecule has 0 bridgehead atoms. The molecule has 10 heteroatoms. The number of anilines is 1. The van der Waals surface area contributed by atoms with Gasteiger partial charge in [-0.05, 0) is 38.0 Å². The van der Waals surface area contributed by atoms with Crippen LogP contribution in [0.5, 0.6) is 11.5 Å². The summed E-state index contributed by atoms with van der Waals surface area (Å²) in [6, 6.07) is 5.11. The minimum Gasteiger partial charge on any atom is -0.490 e. The second-order valence-corrected chi connectivity index (χ2v) is 7.12. The topological polar surface area (TPSA) is 116 Å². The van der Waals surface area contributed by atoms with Crippen molar-refractivity contribution in [3.8, 4) is 11.5 Å². The fraction of sp³-hybridized carbons (Fsp3) is 0.391. The van der Waals surface area contributed by atoms with Crippen LogP contribution in [-0.4, -0.2) is 48.5 Å². The molecule has 33 heavy (non-hydrogen) atoms. The molecule has 1 saturated heterocycles. The van der Waals surface area contributed by atoms with E-state index in [4.69, 9.17) is 18.6 Å². The SMILES string of the molecule is CCCOc1ccc(N2C(=O)C(=O)N(Cc3occc3C(=O)OCC)C2=O)cc1OCCC. The molecule has 0 saturated carbocycles. The van der Waals surface area contributed by atoms with E-state index in [1.54, 1.807) is 13.0 Å². The van der Waals surface area contributed by atoms with Crippen LogP contribution in [0.2, 0.25) is 0 Å². The van der Waals surface area contributed by atoms with Crippen LogP contribution in [0, 0.1) is 0 Å². The first-order valence-corrected chi connectivity index (χ1v) is 10.8. The van der Waals surface area contributed by atoms with Crippen LogP contribution in [0.4, 0.5) is 10.5 Å². The minimum absolute atomic E-state index is 0.0417. The average Bonchev–Trinajstić information content (AvgIpc) is 3.35. The molecule has 0 atom stereocenters. The predicted molar refractivity (Wildman–Crippen MR) is 116 cm³/mol. The van der Waals surface area contributed by atoms with Crippen LogP contribution in [0.25, 0.3) is 0 Å². The molecule has 0 unspecified atom stereocenters. The highest BCUT2D eigenvalue weighted by molar-refractivity contribution is 6.52. The normalized spacial score (nSPS) is 13.6. The van der Waals surface area contributed by atoms with Gasteiger partial charge in [0.05, 0.1) is 38.3 Å². The van der Waals surface area contributed by atoms with Crippen molar-refractivity contribution in [3.05, 3.63) is 41.9 Å². The summed E-state index contributed by atoms with van der Waals surface area (Å²) in [5, 5.41) is 0. The van der Waals surface area contributed by atoms with Crippen LogP contribution < -0.4 is 14.4 Å². The van der Waals surface area contributed by atoms with Gasteiger partial charge in [0, 0.05) is 6.07 Å². The fourth-order valence-corrected chi connectivity index (χ4v) is 3.16. The van der Waals surface area contributed by atoms with Gasteiger partial charge < -0.3 is 18.6 Å². The molecule has 0 N–H and O–H groups in total. The van der Waals surface area contributed by atoms with E-state index >= 15 is 0 Å². The number of hydrogen-bond donors (Lipinski definition) is 0. The maximum absolute atomic E-state index is 13.0. The van der Waals surface area contributed by atoms with Gasteiger partial charge in [-0.1, -0.05) is 13.8 Å². The lowest BCUT2D eigenvalue weighted by molar-refractivity contribution is -0.139. The number of rotatable bonds is 11. The lowest BCUT2D eigenvalue weighted by Gasteiger charge is -2.18. The Bertz CT molecular complexity index is 1040. The summed E-state index contributed by atoms with van der Waals surface area (Å²) in [7, 11) is 0. The van der Waals surface area contributed by atoms with E-state index in [0.29, 0.717) is 24.7 Å². The summed E-state index contributed by atoms with van der Waals surface area (Å²) in [5.74, 6) is -1.82. The van der Waals surface area contributed by atoms with Crippen molar-refractivity contribution in [2.45, 2.75) is 40.2 Å². The Labute approximate surface area is 191 Å². The summed E-state index contributed by atoms with van der Waals surface area (Å²) in [6.07, 6.45) is 2.79. The van der Waals surface area contributed by atoms with Crippen molar-refractivity contribution in [1.82, 2.24) is 4.90 Å². The maximum atomic E-state index is 13.0. The van der Waals surface area contributed by atoms with E-state index in [1.165, 1.54) is 24.5 Å². The van der Waals surface area contributed by atoms with Crippen molar-refractivity contribution in [1.29, 1.82) is 0 Å². The van der Waals surface area contributed by atoms with E-state index in [9.17, 15) is 19.2 Å². The van der Waals surface area contributed by atoms with Crippen molar-refractivity contribution >= 4 is 29.5 Å². The van der Waals surface area contributed by atoms with Crippen LogP contribution in [0.1, 0.15) is 49.7 Å². The third-order valence-electron chi connectivity index (χ3n) is 4.70. The molecule has 1 fully saturated rings. The molecule has 1 aliphatic heterocycles. The maximum Gasteiger partial charge on any atom is 0.341 e. The van der Waals surface area contributed by atoms with Gasteiger partial charge >= 0.3 is 23.8 Å². The third-order valence-corrected chi connectivity index (χ3v) is 4.70. The lowest BCUT2D eigenvalue weighted by atomic mass is 10.2. The third kappa shape index (κ3) is 5.00. The molecule has 1 aliphatic rings.